The summed E-state index contributed by atoms with van der Waals surface area (Å²) in [4.78, 5) is 14.7. The molecule has 0 fully saturated rings. The third-order valence-electron chi connectivity index (χ3n) is 7.83. The van der Waals surface area contributed by atoms with E-state index >= 15 is 0 Å². The summed E-state index contributed by atoms with van der Waals surface area (Å²) in [5.41, 5.74) is 29.7. The Morgan fingerprint density at radius 1 is 0.976 bits per heavy atom. The lowest BCUT2D eigenvalue weighted by molar-refractivity contribution is -0.125. The van der Waals surface area contributed by atoms with Crippen LogP contribution in [0.1, 0.15) is 39.3 Å². The van der Waals surface area contributed by atoms with E-state index in [9.17, 15) is 10.1 Å². The molecule has 0 bridgehead atoms. The third kappa shape index (κ3) is 4.42. The van der Waals surface area contributed by atoms with Crippen LogP contribution >= 0.6 is 11.8 Å². The van der Waals surface area contributed by atoms with Crippen LogP contribution in [0.2, 0.25) is 0 Å². The van der Waals surface area contributed by atoms with E-state index in [4.69, 9.17) is 32.4 Å². The van der Waals surface area contributed by atoms with Crippen LogP contribution in [0, 0.1) is 18.3 Å². The normalized spacial score (nSPS) is 22.6. The zero-order chi connectivity index (χ0) is 28.9. The van der Waals surface area contributed by atoms with Gasteiger partial charge in [0.05, 0.1) is 17.0 Å². The maximum Gasteiger partial charge on any atom is 0.179 e. The fraction of sp³-hybridized carbons (Fsp3) is 0.188. The molecule has 8 N–H and O–H groups in total. The molecular weight excluding hydrogens is 534 g/mol. The number of nitriles is 1. The van der Waals surface area contributed by atoms with Crippen LogP contribution in [0.15, 0.2) is 83.8 Å². The van der Waals surface area contributed by atoms with Crippen LogP contribution in [0.25, 0.3) is 0 Å². The summed E-state index contributed by atoms with van der Waals surface area (Å²) in [5.74, 6) is 1.12. The Bertz CT molecular complexity index is 1740. The minimum Gasteiger partial charge on any atom is -0.488 e. The van der Waals surface area contributed by atoms with Crippen molar-refractivity contribution in [3.8, 4) is 23.3 Å². The lowest BCUT2D eigenvalue weighted by atomic mass is 9.65. The van der Waals surface area contributed by atoms with Gasteiger partial charge in [-0.25, -0.2) is 0 Å². The topological polar surface area (TPSA) is 163 Å². The Balaban J connectivity index is 1.27. The summed E-state index contributed by atoms with van der Waals surface area (Å²) in [6.45, 7) is 2.18. The number of nitrogens with two attached hydrogens (primary N) is 4. The van der Waals surface area contributed by atoms with E-state index in [-0.39, 0.29) is 23.7 Å². The van der Waals surface area contributed by atoms with E-state index < -0.39 is 11.6 Å². The fourth-order valence-corrected chi connectivity index (χ4v) is 7.14. The first-order chi connectivity index (χ1) is 19.7. The summed E-state index contributed by atoms with van der Waals surface area (Å²) in [6.07, 6.45) is 0. The molecule has 0 aromatic heterocycles. The van der Waals surface area contributed by atoms with Gasteiger partial charge in [-0.15, -0.1) is 11.8 Å². The number of ketones is 1. The smallest absolute Gasteiger partial charge is 0.179 e. The van der Waals surface area contributed by atoms with E-state index in [0.717, 1.165) is 21.6 Å². The zero-order valence-corrected chi connectivity index (χ0v) is 23.2. The monoisotopic (exact) mass is 563 g/mol. The molecule has 8 nitrogen and oxygen atoms in total. The second kappa shape index (κ2) is 10.3. The van der Waals surface area contributed by atoms with Gasteiger partial charge >= 0.3 is 0 Å². The van der Waals surface area contributed by atoms with Gasteiger partial charge in [-0.05, 0) is 77.2 Å². The van der Waals surface area contributed by atoms with Gasteiger partial charge < -0.3 is 32.4 Å². The molecule has 2 aliphatic rings. The minimum atomic E-state index is -1.45. The molecule has 6 rings (SSSR count). The van der Waals surface area contributed by atoms with E-state index in [1.54, 1.807) is 30.3 Å². The van der Waals surface area contributed by atoms with Crippen LogP contribution in [0.5, 0.6) is 17.2 Å². The van der Waals surface area contributed by atoms with Crippen molar-refractivity contribution in [3.63, 3.8) is 0 Å². The molecule has 1 aliphatic heterocycles. The fourth-order valence-electron chi connectivity index (χ4n) is 5.84. The zero-order valence-electron chi connectivity index (χ0n) is 22.3. The van der Waals surface area contributed by atoms with Crippen molar-refractivity contribution >= 4 is 23.2 Å². The molecule has 9 heteroatoms. The second-order valence-electron chi connectivity index (χ2n) is 10.4. The largest absolute Gasteiger partial charge is 0.488 e. The molecule has 4 aromatic rings. The molecule has 1 heterocycles. The molecule has 41 heavy (non-hydrogen) atoms. The number of hydrogen-bond acceptors (Lipinski definition) is 9. The van der Waals surface area contributed by atoms with E-state index in [2.05, 4.69) is 6.07 Å². The number of benzene rings is 4. The molecule has 206 valence electrons. The predicted molar refractivity (Wildman–Crippen MR) is 159 cm³/mol. The van der Waals surface area contributed by atoms with Gasteiger partial charge in [0.1, 0.15) is 35.5 Å². The van der Waals surface area contributed by atoms with Crippen molar-refractivity contribution in [1.82, 2.24) is 0 Å². The quantitative estimate of drug-likeness (QED) is 0.249. The van der Waals surface area contributed by atoms with Gasteiger partial charge in [0, 0.05) is 16.5 Å². The number of aryl methyl sites for hydroxylation is 1. The van der Waals surface area contributed by atoms with Gasteiger partial charge in [0.15, 0.2) is 5.78 Å². The molecule has 0 amide bonds. The maximum absolute atomic E-state index is 13.8. The molecule has 0 saturated carbocycles. The van der Waals surface area contributed by atoms with Crippen molar-refractivity contribution in [2.24, 2.45) is 17.2 Å². The SMILES string of the molecule is Cc1cc(Oc2cccc(COc3ccccc3C#N)c2)ccc1C1(N)C(=O)C(N)C2c3c1ccc(N)c3SC2N. The number of Topliss-reactive ketones (excluding diaryl/α,β-unsaturated/α-hetero) is 1. The van der Waals surface area contributed by atoms with Crippen LogP contribution in [-0.4, -0.2) is 17.2 Å². The molecule has 4 aromatic carbocycles. The summed E-state index contributed by atoms with van der Waals surface area (Å²) in [5, 5.41) is 8.93. The van der Waals surface area contributed by atoms with E-state index in [1.807, 2.05) is 55.5 Å². The van der Waals surface area contributed by atoms with Gasteiger partial charge in [0.25, 0.3) is 0 Å². The summed E-state index contributed by atoms with van der Waals surface area (Å²) < 4.78 is 12.0. The maximum atomic E-state index is 13.8. The number of nitrogens with zero attached hydrogens (tertiary/aromatic N) is 1. The van der Waals surface area contributed by atoms with Gasteiger partial charge in [-0.3, -0.25) is 4.79 Å². The van der Waals surface area contributed by atoms with Crippen molar-refractivity contribution in [1.29, 1.82) is 5.26 Å². The summed E-state index contributed by atoms with van der Waals surface area (Å²) >= 11 is 1.44. The second-order valence-corrected chi connectivity index (χ2v) is 11.6. The number of thioether (sulfide) groups is 1. The van der Waals surface area contributed by atoms with Crippen molar-refractivity contribution in [2.75, 3.05) is 5.73 Å². The predicted octanol–water partition coefficient (Wildman–Crippen LogP) is 4.41. The Morgan fingerprint density at radius 2 is 1.73 bits per heavy atom. The van der Waals surface area contributed by atoms with Crippen LogP contribution in [0.4, 0.5) is 5.69 Å². The van der Waals surface area contributed by atoms with Crippen LogP contribution in [0.3, 0.4) is 0 Å². The number of para-hydroxylation sites is 1. The Morgan fingerprint density at radius 3 is 2.51 bits per heavy atom. The average molecular weight is 564 g/mol. The highest BCUT2D eigenvalue weighted by Gasteiger charge is 2.54. The number of carbonyl (C=O) groups excluding carboxylic acids is 1. The number of nitrogen functional groups attached to an aromatic ring is 1. The molecule has 1 aliphatic carbocycles. The third-order valence-corrected chi connectivity index (χ3v) is 9.09. The molecule has 4 unspecified atom stereocenters. The minimum absolute atomic E-state index is 0.272. The average Bonchev–Trinajstić information content (AvgIpc) is 3.32. The number of carbonyl (C=O) groups is 1. The first kappa shape index (κ1) is 26.9. The Hall–Kier alpha value is -4.33. The molecule has 4 atom stereocenters. The van der Waals surface area contributed by atoms with E-state index in [1.165, 1.54) is 11.8 Å². The van der Waals surface area contributed by atoms with Crippen molar-refractivity contribution in [2.45, 2.75) is 41.3 Å². The van der Waals surface area contributed by atoms with Gasteiger partial charge in [-0.2, -0.15) is 5.26 Å². The highest BCUT2D eigenvalue weighted by Crippen LogP contribution is 2.55. The van der Waals surface area contributed by atoms with Crippen LogP contribution in [-0.2, 0) is 16.9 Å². The lowest BCUT2D eigenvalue weighted by Gasteiger charge is -2.41. The molecule has 0 radical (unpaired) electrons. The Labute approximate surface area is 242 Å². The van der Waals surface area contributed by atoms with Gasteiger partial charge in [0.2, 0.25) is 0 Å². The molecule has 0 saturated heterocycles. The van der Waals surface area contributed by atoms with Gasteiger partial charge in [-0.1, -0.05) is 36.4 Å². The number of rotatable bonds is 6. The first-order valence-corrected chi connectivity index (χ1v) is 14.0. The molecule has 0 spiro atoms. The summed E-state index contributed by atoms with van der Waals surface area (Å²) in [6, 6.07) is 25.0. The van der Waals surface area contributed by atoms with Crippen molar-refractivity contribution in [3.05, 3.63) is 112 Å². The standard InChI is InChI=1S/C32H29N5O3S/c1-17-13-21(40-20-7-4-5-18(14-20)16-39-25-8-3-2-6-19(25)15-33)9-10-22(17)32(37)23-11-12-24(34)29-26(23)27(31(36)41-29)28(35)30(32)38/h2-14,27-28,31H,16,34-37H2,1H3. The van der Waals surface area contributed by atoms with E-state index in [0.29, 0.717) is 39.6 Å². The lowest BCUT2D eigenvalue weighted by Crippen LogP contribution is -2.60. The Kier molecular flexibility index (Phi) is 6.72. The highest BCUT2D eigenvalue weighted by atomic mass is 32.2. The number of hydrogen-bond donors (Lipinski definition) is 4. The first-order valence-electron chi connectivity index (χ1n) is 13.2. The van der Waals surface area contributed by atoms with Crippen molar-refractivity contribution < 1.29 is 14.3 Å². The molecular formula is C32H29N5O3S. The summed E-state index contributed by atoms with van der Waals surface area (Å²) in [7, 11) is 0. The van der Waals surface area contributed by atoms with Crippen LogP contribution < -0.4 is 32.4 Å². The highest BCUT2D eigenvalue weighted by molar-refractivity contribution is 8.00. The number of ether oxygens (including phenoxy) is 2. The number of anilines is 1.